The van der Waals surface area contributed by atoms with Gasteiger partial charge in [-0.05, 0) is 18.1 Å². The molecule has 5 heteroatoms. The molecule has 1 aromatic rings. The predicted molar refractivity (Wildman–Crippen MR) is 61.3 cm³/mol. The van der Waals surface area contributed by atoms with Gasteiger partial charge >= 0.3 is 0 Å². The summed E-state index contributed by atoms with van der Waals surface area (Å²) in [5.74, 6) is -1.05. The molecule has 1 aromatic carbocycles. The Hall–Kier alpha value is -1.06. The zero-order valence-corrected chi connectivity index (χ0v) is 9.68. The Morgan fingerprint density at radius 1 is 1.25 bits per heavy atom. The van der Waals surface area contributed by atoms with Gasteiger partial charge in [-0.1, -0.05) is 35.3 Å². The van der Waals surface area contributed by atoms with Crippen LogP contribution in [-0.4, -0.2) is 22.6 Å². The summed E-state index contributed by atoms with van der Waals surface area (Å²) in [6.07, 6.45) is 0.742. The summed E-state index contributed by atoms with van der Waals surface area (Å²) in [7, 11) is 0. The van der Waals surface area contributed by atoms with Gasteiger partial charge in [0.1, 0.15) is 0 Å². The number of nitrogens with zero attached hydrogens (tertiary/aromatic N) is 1. The maximum Gasteiger partial charge on any atom is 0.271 e. The summed E-state index contributed by atoms with van der Waals surface area (Å²) in [4.78, 5) is 25.4. The SMILES string of the molecule is O=C1c2cccc3c2N(CC3)C(=O)C1(Cl)Cl. The minimum absolute atomic E-state index is 0.444. The summed E-state index contributed by atoms with van der Waals surface area (Å²) in [5.41, 5.74) is 2.14. The van der Waals surface area contributed by atoms with Crippen LogP contribution >= 0.6 is 23.2 Å². The van der Waals surface area contributed by atoms with E-state index in [0.717, 1.165) is 12.0 Å². The van der Waals surface area contributed by atoms with Crippen LogP contribution in [0.2, 0.25) is 0 Å². The van der Waals surface area contributed by atoms with Gasteiger partial charge in [-0.15, -0.1) is 0 Å². The first-order valence-corrected chi connectivity index (χ1v) is 5.65. The second-order valence-corrected chi connectivity index (χ2v) is 5.25. The van der Waals surface area contributed by atoms with Crippen molar-refractivity contribution in [3.8, 4) is 0 Å². The van der Waals surface area contributed by atoms with E-state index in [1.54, 1.807) is 12.1 Å². The fraction of sp³-hybridized carbons (Fsp3) is 0.273. The van der Waals surface area contributed by atoms with E-state index in [1.807, 2.05) is 6.07 Å². The number of alkyl halides is 2. The molecule has 3 nitrogen and oxygen atoms in total. The summed E-state index contributed by atoms with van der Waals surface area (Å²) >= 11 is 11.6. The largest absolute Gasteiger partial charge is 0.308 e. The molecule has 0 saturated carbocycles. The molecule has 2 heterocycles. The second kappa shape index (κ2) is 2.99. The van der Waals surface area contributed by atoms with Crippen LogP contribution < -0.4 is 4.90 Å². The van der Waals surface area contributed by atoms with Gasteiger partial charge in [0.15, 0.2) is 0 Å². The number of carbonyl (C=O) groups is 2. The maximum absolute atomic E-state index is 12.0. The molecular formula is C11H7Cl2NO2. The molecule has 0 radical (unpaired) electrons. The molecule has 0 fully saturated rings. The van der Waals surface area contributed by atoms with Crippen LogP contribution in [0.25, 0.3) is 0 Å². The van der Waals surface area contributed by atoms with Crippen LogP contribution in [-0.2, 0) is 11.2 Å². The van der Waals surface area contributed by atoms with Gasteiger partial charge in [0.05, 0.1) is 5.69 Å². The first-order chi connectivity index (χ1) is 7.53. The number of Topliss-reactive ketones (excluding diaryl/α,β-unsaturated/α-hetero) is 1. The smallest absolute Gasteiger partial charge is 0.271 e. The van der Waals surface area contributed by atoms with Crippen molar-refractivity contribution in [3.05, 3.63) is 29.3 Å². The molecule has 0 spiro atoms. The number of ketones is 1. The molecule has 0 aromatic heterocycles. The number of anilines is 1. The third kappa shape index (κ3) is 1.05. The van der Waals surface area contributed by atoms with Gasteiger partial charge < -0.3 is 4.90 Å². The van der Waals surface area contributed by atoms with Crippen LogP contribution in [0, 0.1) is 0 Å². The van der Waals surface area contributed by atoms with Crippen LogP contribution in [0.1, 0.15) is 15.9 Å². The normalized spacial score (nSPS) is 21.2. The first-order valence-electron chi connectivity index (χ1n) is 4.90. The van der Waals surface area contributed by atoms with Crippen LogP contribution in [0.3, 0.4) is 0 Å². The molecule has 0 bridgehead atoms. The minimum Gasteiger partial charge on any atom is -0.308 e. The number of para-hydroxylation sites is 1. The standard InChI is InChI=1S/C11H7Cl2NO2/c12-11(13)9(15)7-3-1-2-6-4-5-14(8(6)7)10(11)16/h1-3H,4-5H2. The quantitative estimate of drug-likeness (QED) is 0.525. The van der Waals surface area contributed by atoms with Crippen LogP contribution in [0.5, 0.6) is 0 Å². The molecule has 16 heavy (non-hydrogen) atoms. The van der Waals surface area contributed by atoms with Crippen molar-refractivity contribution in [3.63, 3.8) is 0 Å². The lowest BCUT2D eigenvalue weighted by molar-refractivity contribution is -0.118. The van der Waals surface area contributed by atoms with Gasteiger partial charge in [-0.25, -0.2) is 0 Å². The zero-order chi connectivity index (χ0) is 11.5. The lowest BCUT2D eigenvalue weighted by Crippen LogP contribution is -2.50. The number of rotatable bonds is 0. The third-order valence-corrected chi connectivity index (χ3v) is 3.70. The minimum atomic E-state index is -1.96. The first kappa shape index (κ1) is 10.1. The topological polar surface area (TPSA) is 37.4 Å². The molecule has 0 saturated heterocycles. The van der Waals surface area contributed by atoms with Crippen LogP contribution in [0.4, 0.5) is 5.69 Å². The summed E-state index contributed by atoms with van der Waals surface area (Å²) in [6, 6.07) is 5.36. The summed E-state index contributed by atoms with van der Waals surface area (Å²) in [5, 5.41) is 0. The highest BCUT2D eigenvalue weighted by Crippen LogP contribution is 2.43. The summed E-state index contributed by atoms with van der Waals surface area (Å²) < 4.78 is -1.96. The highest BCUT2D eigenvalue weighted by Gasteiger charge is 2.52. The zero-order valence-electron chi connectivity index (χ0n) is 8.17. The number of carbonyl (C=O) groups excluding carboxylic acids is 2. The van der Waals surface area contributed by atoms with Crippen molar-refractivity contribution in [2.75, 3.05) is 11.4 Å². The Bertz CT molecular complexity index is 525. The Kier molecular flexibility index (Phi) is 1.89. The highest BCUT2D eigenvalue weighted by molar-refractivity contribution is 6.71. The van der Waals surface area contributed by atoms with Crippen molar-refractivity contribution < 1.29 is 9.59 Å². The Morgan fingerprint density at radius 3 is 2.75 bits per heavy atom. The Balaban J connectivity index is 2.32. The van der Waals surface area contributed by atoms with Gasteiger partial charge in [0, 0.05) is 12.1 Å². The average Bonchev–Trinajstić information content (AvgIpc) is 2.68. The monoisotopic (exact) mass is 255 g/mol. The number of benzene rings is 1. The predicted octanol–water partition coefficient (Wildman–Crippen LogP) is 1.95. The average molecular weight is 256 g/mol. The van der Waals surface area contributed by atoms with Crippen molar-refractivity contribution in [1.29, 1.82) is 0 Å². The molecule has 0 unspecified atom stereocenters. The van der Waals surface area contributed by atoms with E-state index >= 15 is 0 Å². The van der Waals surface area contributed by atoms with Crippen molar-refractivity contribution in [2.45, 2.75) is 10.8 Å². The molecule has 2 aliphatic rings. The van der Waals surface area contributed by atoms with E-state index in [1.165, 1.54) is 4.90 Å². The van der Waals surface area contributed by atoms with Crippen molar-refractivity contribution in [2.24, 2.45) is 0 Å². The molecule has 0 aliphatic carbocycles. The van der Waals surface area contributed by atoms with E-state index < -0.39 is 16.0 Å². The van der Waals surface area contributed by atoms with Gasteiger partial charge in [-0.2, -0.15) is 0 Å². The third-order valence-electron chi connectivity index (χ3n) is 3.04. The number of hydrogen-bond donors (Lipinski definition) is 0. The van der Waals surface area contributed by atoms with Gasteiger partial charge in [0.2, 0.25) is 5.78 Å². The number of halogens is 2. The van der Waals surface area contributed by atoms with Gasteiger partial charge in [-0.3, -0.25) is 9.59 Å². The highest BCUT2D eigenvalue weighted by atomic mass is 35.5. The maximum atomic E-state index is 12.0. The Morgan fingerprint density at radius 2 is 2.00 bits per heavy atom. The molecule has 3 rings (SSSR count). The number of hydrogen-bond acceptors (Lipinski definition) is 2. The molecule has 1 amide bonds. The van der Waals surface area contributed by atoms with Crippen molar-refractivity contribution in [1.82, 2.24) is 0 Å². The molecule has 82 valence electrons. The number of amides is 1. The lowest BCUT2D eigenvalue weighted by Gasteiger charge is -2.31. The molecule has 0 N–H and O–H groups in total. The van der Waals surface area contributed by atoms with Crippen LogP contribution in [0.15, 0.2) is 18.2 Å². The van der Waals surface area contributed by atoms with E-state index in [4.69, 9.17) is 23.2 Å². The van der Waals surface area contributed by atoms with E-state index in [9.17, 15) is 9.59 Å². The van der Waals surface area contributed by atoms with Gasteiger partial charge in [0.25, 0.3) is 10.2 Å². The second-order valence-electron chi connectivity index (χ2n) is 3.92. The molecular weight excluding hydrogens is 249 g/mol. The summed E-state index contributed by atoms with van der Waals surface area (Å²) in [6.45, 7) is 0.541. The molecule has 2 aliphatic heterocycles. The fourth-order valence-corrected chi connectivity index (χ4v) is 2.69. The molecule has 0 atom stereocenters. The van der Waals surface area contributed by atoms with E-state index in [0.29, 0.717) is 17.8 Å². The van der Waals surface area contributed by atoms with Crippen molar-refractivity contribution >= 4 is 40.6 Å². The van der Waals surface area contributed by atoms with E-state index in [-0.39, 0.29) is 0 Å². The van der Waals surface area contributed by atoms with E-state index in [2.05, 4.69) is 0 Å². The fourth-order valence-electron chi connectivity index (χ4n) is 2.28. The Labute approximate surface area is 102 Å². The lowest BCUT2D eigenvalue weighted by atomic mass is 9.98.